The zero-order valence-electron chi connectivity index (χ0n) is 11.9. The zero-order chi connectivity index (χ0) is 14.5. The molecule has 1 aliphatic rings. The maximum atomic E-state index is 14.0. The van der Waals surface area contributed by atoms with Crippen molar-refractivity contribution in [1.29, 1.82) is 0 Å². The predicted molar refractivity (Wildman–Crippen MR) is 76.3 cm³/mol. The molecular formula is C14H21FN4O. The molecule has 2 heterocycles. The van der Waals surface area contributed by atoms with E-state index >= 15 is 0 Å². The lowest BCUT2D eigenvalue weighted by Crippen LogP contribution is -2.44. The fourth-order valence-electron chi connectivity index (χ4n) is 2.50. The number of likely N-dealkylation sites (tertiary alicyclic amines) is 1. The number of hydrogen-bond donors (Lipinski definition) is 2. The van der Waals surface area contributed by atoms with E-state index in [0.717, 1.165) is 13.0 Å². The number of pyridine rings is 1. The van der Waals surface area contributed by atoms with Crippen LogP contribution in [0.2, 0.25) is 0 Å². The van der Waals surface area contributed by atoms with Gasteiger partial charge in [0.1, 0.15) is 0 Å². The van der Waals surface area contributed by atoms with Crippen LogP contribution in [-0.2, 0) is 0 Å². The summed E-state index contributed by atoms with van der Waals surface area (Å²) in [7, 11) is 3.63. The molecule has 2 N–H and O–H groups in total. The molecule has 0 saturated carbocycles. The first-order valence-electron chi connectivity index (χ1n) is 6.94. The van der Waals surface area contributed by atoms with Crippen molar-refractivity contribution in [3.63, 3.8) is 0 Å². The van der Waals surface area contributed by atoms with Crippen LogP contribution < -0.4 is 10.6 Å². The number of carbonyl (C=O) groups is 1. The summed E-state index contributed by atoms with van der Waals surface area (Å²) in [4.78, 5) is 18.1. The number of carbonyl (C=O) groups excluding carboxylic acids is 1. The lowest BCUT2D eigenvalue weighted by Gasteiger charge is -2.32. The molecule has 0 bridgehead atoms. The first kappa shape index (κ1) is 14.7. The van der Waals surface area contributed by atoms with Gasteiger partial charge in [0.25, 0.3) is 5.91 Å². The van der Waals surface area contributed by atoms with Gasteiger partial charge in [-0.3, -0.25) is 4.79 Å². The van der Waals surface area contributed by atoms with Gasteiger partial charge in [0.05, 0.1) is 5.56 Å². The van der Waals surface area contributed by atoms with Gasteiger partial charge in [-0.15, -0.1) is 0 Å². The van der Waals surface area contributed by atoms with Gasteiger partial charge in [-0.1, -0.05) is 6.42 Å². The lowest BCUT2D eigenvalue weighted by atomic mass is 10.0. The van der Waals surface area contributed by atoms with E-state index in [1.165, 1.54) is 25.1 Å². The Kier molecular flexibility index (Phi) is 4.89. The molecule has 5 nitrogen and oxygen atoms in total. The molecule has 0 radical (unpaired) electrons. The van der Waals surface area contributed by atoms with Gasteiger partial charge in [-0.25, -0.2) is 9.37 Å². The Morgan fingerprint density at radius 3 is 3.05 bits per heavy atom. The van der Waals surface area contributed by atoms with Crippen molar-refractivity contribution in [1.82, 2.24) is 15.2 Å². The predicted octanol–water partition coefficient (Wildman–Crippen LogP) is 1.48. The first-order chi connectivity index (χ1) is 9.63. The molecule has 1 saturated heterocycles. The summed E-state index contributed by atoms with van der Waals surface area (Å²) in [6.07, 6.45) is 4.87. The Morgan fingerprint density at radius 1 is 1.55 bits per heavy atom. The number of aromatic nitrogens is 1. The quantitative estimate of drug-likeness (QED) is 0.877. The standard InChI is InChI=1S/C14H21FN4O/c1-16-13-12(15)11(6-7-17-13)14(20)18-9-10-5-3-4-8-19(10)2/h6-7,10H,3-5,8-9H2,1-2H3,(H,16,17)(H,18,20). The summed E-state index contributed by atoms with van der Waals surface area (Å²) >= 11 is 0. The minimum Gasteiger partial charge on any atom is -0.371 e. The van der Waals surface area contributed by atoms with Gasteiger partial charge in [-0.2, -0.15) is 0 Å². The smallest absolute Gasteiger partial charge is 0.254 e. The molecule has 1 amide bonds. The van der Waals surface area contributed by atoms with Crippen LogP contribution in [0.5, 0.6) is 0 Å². The SMILES string of the molecule is CNc1nccc(C(=O)NCC2CCCCN2C)c1F. The van der Waals surface area contributed by atoms with Crippen LogP contribution in [0.1, 0.15) is 29.6 Å². The highest BCUT2D eigenvalue weighted by Crippen LogP contribution is 2.16. The van der Waals surface area contributed by atoms with E-state index in [-0.39, 0.29) is 17.3 Å². The van der Waals surface area contributed by atoms with E-state index in [1.807, 2.05) is 0 Å². The monoisotopic (exact) mass is 280 g/mol. The van der Waals surface area contributed by atoms with E-state index in [2.05, 4.69) is 27.6 Å². The Hall–Kier alpha value is -1.69. The van der Waals surface area contributed by atoms with E-state index in [1.54, 1.807) is 7.05 Å². The van der Waals surface area contributed by atoms with Crippen LogP contribution in [0.4, 0.5) is 10.2 Å². The van der Waals surface area contributed by atoms with Crippen molar-refractivity contribution in [2.45, 2.75) is 25.3 Å². The number of halogens is 1. The van der Waals surface area contributed by atoms with Crippen LogP contribution in [0.3, 0.4) is 0 Å². The van der Waals surface area contributed by atoms with Crippen molar-refractivity contribution in [2.75, 3.05) is 32.5 Å². The normalized spacial score (nSPS) is 19.6. The number of likely N-dealkylation sites (N-methyl/N-ethyl adjacent to an activating group) is 1. The second kappa shape index (κ2) is 6.65. The summed E-state index contributed by atoms with van der Waals surface area (Å²) in [6.45, 7) is 1.60. The van der Waals surface area contributed by atoms with E-state index in [0.29, 0.717) is 12.6 Å². The maximum absolute atomic E-state index is 14.0. The number of rotatable bonds is 4. The molecule has 1 aromatic heterocycles. The van der Waals surface area contributed by atoms with Crippen LogP contribution in [0.25, 0.3) is 0 Å². The first-order valence-corrected chi connectivity index (χ1v) is 6.94. The average molecular weight is 280 g/mol. The molecule has 1 aromatic rings. The second-order valence-electron chi connectivity index (χ2n) is 5.11. The molecule has 0 aliphatic carbocycles. The molecule has 110 valence electrons. The van der Waals surface area contributed by atoms with Gasteiger partial charge < -0.3 is 15.5 Å². The van der Waals surface area contributed by atoms with E-state index in [4.69, 9.17) is 0 Å². The zero-order valence-corrected chi connectivity index (χ0v) is 11.9. The molecule has 20 heavy (non-hydrogen) atoms. The van der Waals surface area contributed by atoms with Crippen LogP contribution in [0.15, 0.2) is 12.3 Å². The number of anilines is 1. The number of hydrogen-bond acceptors (Lipinski definition) is 4. The van der Waals surface area contributed by atoms with Crippen molar-refractivity contribution >= 4 is 11.7 Å². The number of amides is 1. The number of piperidine rings is 1. The fraction of sp³-hybridized carbons (Fsp3) is 0.571. The van der Waals surface area contributed by atoms with Crippen molar-refractivity contribution < 1.29 is 9.18 Å². The summed E-state index contributed by atoms with van der Waals surface area (Å²) < 4.78 is 14.0. The Labute approximate surface area is 118 Å². The van der Waals surface area contributed by atoms with Gasteiger partial charge >= 0.3 is 0 Å². The average Bonchev–Trinajstić information content (AvgIpc) is 2.46. The third-order valence-corrected chi connectivity index (χ3v) is 3.79. The molecule has 1 atom stereocenters. The van der Waals surface area contributed by atoms with Gasteiger partial charge in [-0.05, 0) is 32.5 Å². The van der Waals surface area contributed by atoms with Crippen LogP contribution in [0, 0.1) is 5.82 Å². The summed E-state index contributed by atoms with van der Waals surface area (Å²) in [6, 6.07) is 1.73. The van der Waals surface area contributed by atoms with Crippen LogP contribution >= 0.6 is 0 Å². The fourth-order valence-corrected chi connectivity index (χ4v) is 2.50. The third-order valence-electron chi connectivity index (χ3n) is 3.79. The highest BCUT2D eigenvalue weighted by molar-refractivity contribution is 5.95. The molecule has 2 rings (SSSR count). The minimum atomic E-state index is -0.607. The van der Waals surface area contributed by atoms with Crippen molar-refractivity contribution in [3.8, 4) is 0 Å². The largest absolute Gasteiger partial charge is 0.371 e. The van der Waals surface area contributed by atoms with Gasteiger partial charge in [0, 0.05) is 25.8 Å². The highest BCUT2D eigenvalue weighted by Gasteiger charge is 2.21. The minimum absolute atomic E-state index is 0.0304. The lowest BCUT2D eigenvalue weighted by molar-refractivity contribution is 0.0924. The summed E-state index contributed by atoms with van der Waals surface area (Å²) in [5.41, 5.74) is 0.0304. The maximum Gasteiger partial charge on any atom is 0.254 e. The van der Waals surface area contributed by atoms with Crippen molar-refractivity contribution in [3.05, 3.63) is 23.6 Å². The number of nitrogens with zero attached hydrogens (tertiary/aromatic N) is 2. The molecule has 1 fully saturated rings. The highest BCUT2D eigenvalue weighted by atomic mass is 19.1. The molecule has 1 aliphatic heterocycles. The van der Waals surface area contributed by atoms with Gasteiger partial charge in [0.15, 0.2) is 11.6 Å². The molecular weight excluding hydrogens is 259 g/mol. The number of nitrogens with one attached hydrogen (secondary N) is 2. The summed E-state index contributed by atoms with van der Waals surface area (Å²) in [5, 5.41) is 5.44. The molecule has 0 spiro atoms. The van der Waals surface area contributed by atoms with E-state index in [9.17, 15) is 9.18 Å². The van der Waals surface area contributed by atoms with Gasteiger partial charge in [0.2, 0.25) is 0 Å². The Balaban J connectivity index is 1.98. The third kappa shape index (κ3) is 3.25. The van der Waals surface area contributed by atoms with Crippen LogP contribution in [-0.4, -0.2) is 49.0 Å². The summed E-state index contributed by atoms with van der Waals surface area (Å²) in [5.74, 6) is -0.905. The Morgan fingerprint density at radius 2 is 2.35 bits per heavy atom. The second-order valence-corrected chi connectivity index (χ2v) is 5.11. The molecule has 6 heteroatoms. The Bertz CT molecular complexity index is 480. The molecule has 1 unspecified atom stereocenters. The van der Waals surface area contributed by atoms with E-state index < -0.39 is 5.82 Å². The molecule has 0 aromatic carbocycles. The topological polar surface area (TPSA) is 57.3 Å². The van der Waals surface area contributed by atoms with Crippen molar-refractivity contribution in [2.24, 2.45) is 0 Å².